The van der Waals surface area contributed by atoms with E-state index < -0.39 is 6.10 Å². The van der Waals surface area contributed by atoms with E-state index in [-0.39, 0.29) is 31.1 Å². The maximum absolute atomic E-state index is 12.7. The minimum atomic E-state index is -0.797. The van der Waals surface area contributed by atoms with Gasteiger partial charge in [-0.25, -0.2) is 0 Å². The maximum atomic E-state index is 12.7. The monoisotopic (exact) mass is 821 g/mol. The van der Waals surface area contributed by atoms with Crippen LogP contribution in [0.15, 0.2) is 85.1 Å². The molecular weight excluding hydrogens is 733 g/mol. The van der Waals surface area contributed by atoms with Crippen LogP contribution in [0.1, 0.15) is 213 Å². The molecule has 0 N–H and O–H groups in total. The zero-order valence-corrected chi connectivity index (χ0v) is 38.2. The fourth-order valence-electron chi connectivity index (χ4n) is 6.39. The third-order valence-electron chi connectivity index (χ3n) is 9.99. The predicted molar refractivity (Wildman–Crippen MR) is 251 cm³/mol. The molecular formula is C53H88O6. The Kier molecular flexibility index (Phi) is 44.5. The number of rotatable bonds is 42. The summed E-state index contributed by atoms with van der Waals surface area (Å²) in [5.41, 5.74) is 0. The number of carbonyl (C=O) groups excluding carboxylic acids is 3. The van der Waals surface area contributed by atoms with Crippen molar-refractivity contribution in [1.82, 2.24) is 0 Å². The molecule has 0 spiro atoms. The predicted octanol–water partition coefficient (Wildman–Crippen LogP) is 15.6. The van der Waals surface area contributed by atoms with Crippen LogP contribution in [0.4, 0.5) is 0 Å². The highest BCUT2D eigenvalue weighted by Crippen LogP contribution is 2.15. The summed E-state index contributed by atoms with van der Waals surface area (Å²) in [5.74, 6) is -0.962. The van der Waals surface area contributed by atoms with Crippen molar-refractivity contribution in [2.24, 2.45) is 0 Å². The minimum Gasteiger partial charge on any atom is -0.462 e. The minimum absolute atomic E-state index is 0.0997. The van der Waals surface area contributed by atoms with E-state index in [1.54, 1.807) is 0 Å². The molecule has 0 aromatic carbocycles. The van der Waals surface area contributed by atoms with Crippen LogP contribution in [0.3, 0.4) is 0 Å². The number of hydrogen-bond acceptors (Lipinski definition) is 6. The van der Waals surface area contributed by atoms with Crippen LogP contribution in [-0.4, -0.2) is 37.2 Å². The van der Waals surface area contributed by atoms with Crippen molar-refractivity contribution >= 4 is 17.9 Å². The van der Waals surface area contributed by atoms with Gasteiger partial charge in [-0.1, -0.05) is 215 Å². The van der Waals surface area contributed by atoms with Gasteiger partial charge in [0.05, 0.1) is 0 Å². The molecule has 6 heteroatoms. The van der Waals surface area contributed by atoms with Gasteiger partial charge in [-0.05, 0) is 64.2 Å². The van der Waals surface area contributed by atoms with Gasteiger partial charge in [-0.15, -0.1) is 0 Å². The second-order valence-corrected chi connectivity index (χ2v) is 15.8. The summed E-state index contributed by atoms with van der Waals surface area (Å²) in [5, 5.41) is 0. The highest BCUT2D eigenvalue weighted by atomic mass is 16.6. The Bertz CT molecular complexity index is 1170. The number of ether oxygens (including phenoxy) is 3. The lowest BCUT2D eigenvalue weighted by molar-refractivity contribution is -0.167. The van der Waals surface area contributed by atoms with Crippen LogP contribution in [-0.2, 0) is 28.6 Å². The molecule has 0 aliphatic rings. The van der Waals surface area contributed by atoms with Gasteiger partial charge in [0.15, 0.2) is 6.10 Å². The average molecular weight is 821 g/mol. The Morgan fingerprint density at radius 1 is 0.373 bits per heavy atom. The van der Waals surface area contributed by atoms with Crippen molar-refractivity contribution in [2.75, 3.05) is 13.2 Å². The molecule has 0 amide bonds. The fourth-order valence-corrected chi connectivity index (χ4v) is 6.39. The second-order valence-electron chi connectivity index (χ2n) is 15.8. The average Bonchev–Trinajstić information content (AvgIpc) is 3.23. The quantitative estimate of drug-likeness (QED) is 0.0201. The molecule has 0 aromatic heterocycles. The molecule has 0 bridgehead atoms. The highest BCUT2D eigenvalue weighted by Gasteiger charge is 2.19. The standard InChI is InChI=1S/C53H88O6/c1-4-7-10-13-16-19-21-23-25-26-27-28-30-31-34-37-40-43-46-52(55)58-49-50(48-57-51(54)45-42-39-36-33-18-15-12-9-6-3)59-53(56)47-44-41-38-35-32-29-24-22-20-17-14-11-8-5-2/h9-10,12-13,16,18-19,21,23,25-28,33,50H,4-8,11,14-15,17,20,22,24,29-32,34-49H2,1-3H3/b12-9-,13-10-,19-16-,23-21-,26-25-,28-27-,33-18-. The van der Waals surface area contributed by atoms with E-state index in [0.29, 0.717) is 19.3 Å². The Labute approximate surface area is 363 Å². The van der Waals surface area contributed by atoms with Crippen molar-refractivity contribution in [2.45, 2.75) is 219 Å². The van der Waals surface area contributed by atoms with Gasteiger partial charge in [0.2, 0.25) is 0 Å². The van der Waals surface area contributed by atoms with Gasteiger partial charge in [0.1, 0.15) is 13.2 Å². The normalized spacial score (nSPS) is 12.8. The SMILES string of the molecule is CC/C=C\C/C=C\CCCCC(=O)OCC(COC(=O)CCCCCCC\C=C/C=C\C=C/C=C\C=C/CCC)OC(=O)CCCCCCCCCCCCCCCC. The van der Waals surface area contributed by atoms with Crippen LogP contribution < -0.4 is 0 Å². The summed E-state index contributed by atoms with van der Waals surface area (Å²) in [6, 6.07) is 0. The first-order chi connectivity index (χ1) is 29.0. The van der Waals surface area contributed by atoms with Gasteiger partial charge in [0.25, 0.3) is 0 Å². The largest absolute Gasteiger partial charge is 0.462 e. The van der Waals surface area contributed by atoms with Crippen LogP contribution in [0.2, 0.25) is 0 Å². The zero-order valence-electron chi connectivity index (χ0n) is 38.2. The highest BCUT2D eigenvalue weighted by molar-refractivity contribution is 5.71. The molecule has 0 rings (SSSR count). The Hall–Kier alpha value is -3.41. The van der Waals surface area contributed by atoms with E-state index >= 15 is 0 Å². The van der Waals surface area contributed by atoms with E-state index in [9.17, 15) is 14.4 Å². The summed E-state index contributed by atoms with van der Waals surface area (Å²) in [6.07, 6.45) is 60.0. The zero-order chi connectivity index (χ0) is 43.0. The van der Waals surface area contributed by atoms with Crippen LogP contribution in [0.5, 0.6) is 0 Å². The molecule has 59 heavy (non-hydrogen) atoms. The number of carbonyl (C=O) groups is 3. The lowest BCUT2D eigenvalue weighted by atomic mass is 10.0. The fraction of sp³-hybridized carbons (Fsp3) is 0.679. The van der Waals surface area contributed by atoms with E-state index in [0.717, 1.165) is 96.3 Å². The van der Waals surface area contributed by atoms with E-state index in [4.69, 9.17) is 14.2 Å². The summed E-state index contributed by atoms with van der Waals surface area (Å²) in [4.78, 5) is 37.8. The molecule has 0 saturated carbocycles. The maximum Gasteiger partial charge on any atom is 0.306 e. The van der Waals surface area contributed by atoms with Gasteiger partial charge >= 0.3 is 17.9 Å². The first kappa shape index (κ1) is 55.6. The van der Waals surface area contributed by atoms with E-state index in [2.05, 4.69) is 75.5 Å². The first-order valence-corrected chi connectivity index (χ1v) is 24.2. The number of allylic oxidation sites excluding steroid dienone is 14. The van der Waals surface area contributed by atoms with E-state index in [1.165, 1.54) is 77.0 Å². The molecule has 336 valence electrons. The molecule has 0 radical (unpaired) electrons. The molecule has 0 aliphatic carbocycles. The number of unbranched alkanes of at least 4 members (excludes halogenated alkanes) is 21. The molecule has 0 heterocycles. The second kappa shape index (κ2) is 47.3. The van der Waals surface area contributed by atoms with Crippen molar-refractivity contribution in [3.63, 3.8) is 0 Å². The van der Waals surface area contributed by atoms with Gasteiger partial charge in [-0.2, -0.15) is 0 Å². The molecule has 0 fully saturated rings. The van der Waals surface area contributed by atoms with Crippen LogP contribution in [0, 0.1) is 0 Å². The molecule has 1 unspecified atom stereocenters. The lowest BCUT2D eigenvalue weighted by Gasteiger charge is -2.18. The van der Waals surface area contributed by atoms with E-state index in [1.807, 2.05) is 30.4 Å². The molecule has 6 nitrogen and oxygen atoms in total. The molecule has 1 atom stereocenters. The van der Waals surface area contributed by atoms with Crippen molar-refractivity contribution in [3.8, 4) is 0 Å². The smallest absolute Gasteiger partial charge is 0.306 e. The number of hydrogen-bond donors (Lipinski definition) is 0. The summed E-state index contributed by atoms with van der Waals surface area (Å²) in [7, 11) is 0. The van der Waals surface area contributed by atoms with Gasteiger partial charge in [0, 0.05) is 19.3 Å². The third-order valence-corrected chi connectivity index (χ3v) is 9.99. The molecule has 0 aliphatic heterocycles. The van der Waals surface area contributed by atoms with Crippen molar-refractivity contribution in [3.05, 3.63) is 85.1 Å². The molecule has 0 saturated heterocycles. The van der Waals surface area contributed by atoms with Gasteiger partial charge in [-0.3, -0.25) is 14.4 Å². The summed E-state index contributed by atoms with van der Waals surface area (Å²) < 4.78 is 16.7. The third kappa shape index (κ3) is 45.5. The summed E-state index contributed by atoms with van der Waals surface area (Å²) in [6.45, 7) is 6.36. The Morgan fingerprint density at radius 3 is 1.27 bits per heavy atom. The molecule has 0 aromatic rings. The topological polar surface area (TPSA) is 78.9 Å². The van der Waals surface area contributed by atoms with Crippen LogP contribution in [0.25, 0.3) is 0 Å². The van der Waals surface area contributed by atoms with Gasteiger partial charge < -0.3 is 14.2 Å². The lowest BCUT2D eigenvalue weighted by Crippen LogP contribution is -2.30. The van der Waals surface area contributed by atoms with Crippen molar-refractivity contribution < 1.29 is 28.6 Å². The van der Waals surface area contributed by atoms with Crippen molar-refractivity contribution in [1.29, 1.82) is 0 Å². The number of esters is 3. The Morgan fingerprint density at radius 2 is 0.763 bits per heavy atom. The Balaban J connectivity index is 4.42. The summed E-state index contributed by atoms with van der Waals surface area (Å²) >= 11 is 0. The first-order valence-electron chi connectivity index (χ1n) is 24.2. The van der Waals surface area contributed by atoms with Crippen LogP contribution >= 0.6 is 0 Å².